The Kier molecular flexibility index (Phi) is 6.22. The summed E-state index contributed by atoms with van der Waals surface area (Å²) < 4.78 is 22.1. The van der Waals surface area contributed by atoms with Crippen LogP contribution in [0.15, 0.2) is 88.3 Å². The van der Waals surface area contributed by atoms with Crippen molar-refractivity contribution in [2.45, 2.75) is 19.6 Å². The van der Waals surface area contributed by atoms with Gasteiger partial charge >= 0.3 is 5.97 Å². The van der Waals surface area contributed by atoms with Gasteiger partial charge in [-0.15, -0.1) is 0 Å². The number of carbonyl (C=O) groups excluding carboxylic acids is 1. The van der Waals surface area contributed by atoms with E-state index in [4.69, 9.17) is 18.6 Å². The van der Waals surface area contributed by atoms with Crippen LogP contribution in [0.25, 0.3) is 22.1 Å². The van der Waals surface area contributed by atoms with Gasteiger partial charge in [0.25, 0.3) is 0 Å². The predicted molar refractivity (Wildman–Crippen MR) is 121 cm³/mol. The van der Waals surface area contributed by atoms with Gasteiger partial charge in [-0.05, 0) is 30.7 Å². The highest BCUT2D eigenvalue weighted by Gasteiger charge is 2.18. The van der Waals surface area contributed by atoms with E-state index in [1.807, 2.05) is 42.5 Å². The molecule has 0 aliphatic rings. The average molecular weight is 430 g/mol. The molecule has 162 valence electrons. The number of hydrogen-bond donors (Lipinski definition) is 0. The number of esters is 1. The smallest absolute Gasteiger partial charge is 0.347 e. The summed E-state index contributed by atoms with van der Waals surface area (Å²) in [5, 5.41) is 0.403. The van der Waals surface area contributed by atoms with Gasteiger partial charge < -0.3 is 18.6 Å². The van der Waals surface area contributed by atoms with Gasteiger partial charge in [0.2, 0.25) is 5.43 Å². The van der Waals surface area contributed by atoms with Gasteiger partial charge in [0.05, 0.1) is 18.1 Å². The Hall–Kier alpha value is -4.06. The first-order chi connectivity index (χ1) is 15.6. The number of hydrogen-bond acceptors (Lipinski definition) is 6. The van der Waals surface area contributed by atoms with E-state index >= 15 is 0 Å². The molecule has 4 rings (SSSR count). The Labute approximate surface area is 185 Å². The van der Waals surface area contributed by atoms with Crippen LogP contribution in [0.2, 0.25) is 0 Å². The van der Waals surface area contributed by atoms with Crippen LogP contribution >= 0.6 is 0 Å². The van der Waals surface area contributed by atoms with E-state index in [0.29, 0.717) is 33.6 Å². The second kappa shape index (κ2) is 9.39. The second-order valence-corrected chi connectivity index (χ2v) is 7.19. The number of para-hydroxylation sites is 1. The fourth-order valence-electron chi connectivity index (χ4n) is 3.33. The van der Waals surface area contributed by atoms with Crippen molar-refractivity contribution in [1.82, 2.24) is 0 Å². The normalized spacial score (nSPS) is 11.7. The molecular formula is C26H22O6. The summed E-state index contributed by atoms with van der Waals surface area (Å²) in [6.45, 7) is 1.78. The minimum atomic E-state index is -0.823. The summed E-state index contributed by atoms with van der Waals surface area (Å²) in [7, 11) is 1.55. The first-order valence-electron chi connectivity index (χ1n) is 10.1. The number of rotatable bonds is 7. The molecule has 0 amide bonds. The first-order valence-corrected chi connectivity index (χ1v) is 10.1. The molecule has 0 aliphatic carbocycles. The quantitative estimate of drug-likeness (QED) is 0.385. The molecule has 0 N–H and O–H groups in total. The van der Waals surface area contributed by atoms with Crippen molar-refractivity contribution in [2.75, 3.05) is 7.11 Å². The molecule has 0 saturated heterocycles. The topological polar surface area (TPSA) is 75.0 Å². The van der Waals surface area contributed by atoms with Gasteiger partial charge in [0.15, 0.2) is 6.10 Å². The summed E-state index contributed by atoms with van der Waals surface area (Å²) in [6, 6.07) is 21.5. The van der Waals surface area contributed by atoms with Crippen molar-refractivity contribution >= 4 is 16.9 Å². The van der Waals surface area contributed by atoms with Crippen LogP contribution in [0.4, 0.5) is 0 Å². The Morgan fingerprint density at radius 2 is 1.72 bits per heavy atom. The summed E-state index contributed by atoms with van der Waals surface area (Å²) in [5.41, 5.74) is 2.13. The lowest BCUT2D eigenvalue weighted by Crippen LogP contribution is -2.26. The first kappa shape index (κ1) is 21.2. The van der Waals surface area contributed by atoms with E-state index < -0.39 is 12.1 Å². The van der Waals surface area contributed by atoms with Crippen LogP contribution < -0.4 is 14.9 Å². The Balaban J connectivity index is 1.51. The van der Waals surface area contributed by atoms with Gasteiger partial charge in [-0.25, -0.2) is 4.79 Å². The summed E-state index contributed by atoms with van der Waals surface area (Å²) >= 11 is 0. The van der Waals surface area contributed by atoms with Crippen LogP contribution in [0.1, 0.15) is 12.5 Å². The zero-order chi connectivity index (χ0) is 22.5. The zero-order valence-electron chi connectivity index (χ0n) is 17.7. The molecule has 0 bridgehead atoms. The molecule has 0 radical (unpaired) electrons. The molecule has 6 nitrogen and oxygen atoms in total. The second-order valence-electron chi connectivity index (χ2n) is 7.19. The molecule has 4 aromatic rings. The lowest BCUT2D eigenvalue weighted by molar-refractivity contribution is -0.152. The highest BCUT2D eigenvalue weighted by atomic mass is 16.6. The van der Waals surface area contributed by atoms with Gasteiger partial charge in [-0.1, -0.05) is 48.5 Å². The highest BCUT2D eigenvalue weighted by Crippen LogP contribution is 2.29. The maximum Gasteiger partial charge on any atom is 0.347 e. The van der Waals surface area contributed by atoms with Crippen LogP contribution in [0.3, 0.4) is 0 Å². The van der Waals surface area contributed by atoms with E-state index in [0.717, 1.165) is 5.56 Å². The molecule has 0 saturated carbocycles. The average Bonchev–Trinajstić information content (AvgIpc) is 2.83. The van der Waals surface area contributed by atoms with Crippen molar-refractivity contribution in [3.8, 4) is 22.6 Å². The van der Waals surface area contributed by atoms with Crippen LogP contribution in [-0.4, -0.2) is 19.2 Å². The van der Waals surface area contributed by atoms with Crippen molar-refractivity contribution in [1.29, 1.82) is 0 Å². The van der Waals surface area contributed by atoms with Crippen molar-refractivity contribution in [2.24, 2.45) is 0 Å². The van der Waals surface area contributed by atoms with Crippen LogP contribution in [-0.2, 0) is 16.1 Å². The standard InChI is InChI=1S/C26H22O6/c1-17(26(28)31-15-18-8-4-3-5-9-18)32-19-12-13-21-24(14-19)30-16-22(25(21)27)20-10-6-7-11-23(20)29-2/h3-14,16-17H,15H2,1-2H3/t17-/m0/s1. The van der Waals surface area contributed by atoms with Gasteiger partial charge in [0, 0.05) is 11.6 Å². The van der Waals surface area contributed by atoms with E-state index in [2.05, 4.69) is 0 Å². The molecule has 6 heteroatoms. The summed E-state index contributed by atoms with van der Waals surface area (Å²) in [4.78, 5) is 25.3. The third-order valence-electron chi connectivity index (χ3n) is 5.01. The maximum absolute atomic E-state index is 13.0. The minimum Gasteiger partial charge on any atom is -0.496 e. The number of benzene rings is 3. The predicted octanol–water partition coefficient (Wildman–Crippen LogP) is 4.98. The van der Waals surface area contributed by atoms with Crippen LogP contribution in [0, 0.1) is 0 Å². The van der Waals surface area contributed by atoms with Crippen molar-refractivity contribution in [3.05, 3.63) is 94.8 Å². The fraction of sp³-hybridized carbons (Fsp3) is 0.154. The number of carbonyl (C=O) groups is 1. The molecule has 32 heavy (non-hydrogen) atoms. The van der Waals surface area contributed by atoms with E-state index in [1.54, 1.807) is 44.4 Å². The molecule has 0 spiro atoms. The van der Waals surface area contributed by atoms with Crippen molar-refractivity contribution < 1.29 is 23.4 Å². The number of methoxy groups -OCH3 is 1. The maximum atomic E-state index is 13.0. The van der Waals surface area contributed by atoms with E-state index in [9.17, 15) is 9.59 Å². The molecule has 0 aliphatic heterocycles. The molecule has 3 aromatic carbocycles. The molecule has 1 aromatic heterocycles. The van der Waals surface area contributed by atoms with Crippen molar-refractivity contribution in [3.63, 3.8) is 0 Å². The minimum absolute atomic E-state index is 0.172. The van der Waals surface area contributed by atoms with E-state index in [1.165, 1.54) is 6.26 Å². The SMILES string of the molecule is COc1ccccc1-c1coc2cc(O[C@@H](C)C(=O)OCc3ccccc3)ccc2c1=O. The van der Waals surface area contributed by atoms with E-state index in [-0.39, 0.29) is 12.0 Å². The Morgan fingerprint density at radius 3 is 2.50 bits per heavy atom. The Morgan fingerprint density at radius 1 is 0.969 bits per heavy atom. The Bertz CT molecular complexity index is 1290. The highest BCUT2D eigenvalue weighted by molar-refractivity contribution is 5.84. The van der Waals surface area contributed by atoms with Gasteiger partial charge in [0.1, 0.15) is 30.0 Å². The molecule has 1 heterocycles. The number of ether oxygens (including phenoxy) is 3. The molecule has 0 fully saturated rings. The van der Waals surface area contributed by atoms with Gasteiger partial charge in [-0.2, -0.15) is 0 Å². The van der Waals surface area contributed by atoms with Crippen LogP contribution in [0.5, 0.6) is 11.5 Å². The zero-order valence-corrected chi connectivity index (χ0v) is 17.7. The summed E-state index contributed by atoms with van der Waals surface area (Å²) in [5.74, 6) is 0.499. The third-order valence-corrected chi connectivity index (χ3v) is 5.01. The fourth-order valence-corrected chi connectivity index (χ4v) is 3.33. The lowest BCUT2D eigenvalue weighted by atomic mass is 10.0. The molecule has 1 atom stereocenters. The lowest BCUT2D eigenvalue weighted by Gasteiger charge is -2.14. The monoisotopic (exact) mass is 430 g/mol. The third kappa shape index (κ3) is 4.49. The van der Waals surface area contributed by atoms with Gasteiger partial charge in [-0.3, -0.25) is 4.79 Å². The summed E-state index contributed by atoms with van der Waals surface area (Å²) in [6.07, 6.45) is 0.583. The molecular weight excluding hydrogens is 408 g/mol. The largest absolute Gasteiger partial charge is 0.496 e. The molecule has 0 unspecified atom stereocenters. The number of fused-ring (bicyclic) bond motifs is 1.